The Morgan fingerprint density at radius 2 is 1.79 bits per heavy atom. The number of carbonyl (C=O) groups is 2. The second kappa shape index (κ2) is 8.91. The molecule has 0 aliphatic carbocycles. The molecule has 0 bridgehead atoms. The van der Waals surface area contributed by atoms with Gasteiger partial charge in [0, 0.05) is 18.7 Å². The first-order chi connectivity index (χ1) is 13.5. The van der Waals surface area contributed by atoms with Gasteiger partial charge in [-0.3, -0.25) is 9.59 Å². The molecular weight excluding hydrogens is 352 g/mol. The highest BCUT2D eigenvalue weighted by Gasteiger charge is 2.22. The van der Waals surface area contributed by atoms with Gasteiger partial charge in [-0.1, -0.05) is 38.1 Å². The van der Waals surface area contributed by atoms with E-state index in [4.69, 9.17) is 4.74 Å². The third kappa shape index (κ3) is 4.71. The molecule has 1 N–H and O–H groups in total. The van der Waals surface area contributed by atoms with Crippen LogP contribution in [0.15, 0.2) is 48.5 Å². The van der Waals surface area contributed by atoms with Crippen LogP contribution < -0.4 is 15.0 Å². The summed E-state index contributed by atoms with van der Waals surface area (Å²) in [6.45, 7) is 4.96. The van der Waals surface area contributed by atoms with Gasteiger partial charge in [0.2, 0.25) is 11.8 Å². The Bertz CT molecular complexity index is 813. The van der Waals surface area contributed by atoms with Crippen molar-refractivity contribution in [1.82, 2.24) is 5.32 Å². The molecule has 0 saturated carbocycles. The second-order valence-corrected chi connectivity index (χ2v) is 7.55. The van der Waals surface area contributed by atoms with E-state index >= 15 is 0 Å². The topological polar surface area (TPSA) is 58.6 Å². The number of methoxy groups -OCH3 is 1. The number of hydrogen-bond donors (Lipinski definition) is 1. The van der Waals surface area contributed by atoms with Crippen molar-refractivity contribution < 1.29 is 14.3 Å². The van der Waals surface area contributed by atoms with E-state index in [1.165, 1.54) is 0 Å². The number of ether oxygens (including phenoxy) is 1. The highest BCUT2D eigenvalue weighted by atomic mass is 16.5. The zero-order chi connectivity index (χ0) is 20.1. The Hall–Kier alpha value is -2.82. The van der Waals surface area contributed by atoms with E-state index in [-0.39, 0.29) is 23.8 Å². The predicted molar refractivity (Wildman–Crippen MR) is 110 cm³/mol. The quantitative estimate of drug-likeness (QED) is 0.793. The number of nitrogens with zero attached hydrogens (tertiary/aromatic N) is 1. The molecule has 5 heteroatoms. The van der Waals surface area contributed by atoms with E-state index in [0.717, 1.165) is 35.5 Å². The molecule has 1 unspecified atom stereocenters. The number of hydrogen-bond acceptors (Lipinski definition) is 3. The molecule has 1 fully saturated rings. The van der Waals surface area contributed by atoms with E-state index in [1.54, 1.807) is 7.11 Å². The Morgan fingerprint density at radius 1 is 1.11 bits per heavy atom. The summed E-state index contributed by atoms with van der Waals surface area (Å²) < 4.78 is 5.21. The molecule has 1 saturated heterocycles. The summed E-state index contributed by atoms with van der Waals surface area (Å²) in [6.07, 6.45) is 1.84. The SMILES string of the molecule is COc1ccc(C(NC(=O)Cc2ccc(N3CCCC3=O)cc2)C(C)C)cc1. The van der Waals surface area contributed by atoms with Crippen molar-refractivity contribution >= 4 is 17.5 Å². The molecule has 3 rings (SSSR count). The average Bonchev–Trinajstić information content (AvgIpc) is 3.12. The van der Waals surface area contributed by atoms with Crippen LogP contribution >= 0.6 is 0 Å². The first kappa shape index (κ1) is 19.9. The Kier molecular flexibility index (Phi) is 6.34. The van der Waals surface area contributed by atoms with Crippen molar-refractivity contribution in [3.05, 3.63) is 59.7 Å². The van der Waals surface area contributed by atoms with E-state index in [0.29, 0.717) is 12.8 Å². The standard InChI is InChI=1S/C23H28N2O3/c1-16(2)23(18-8-12-20(28-3)13-9-18)24-21(26)15-17-6-10-19(11-7-17)25-14-4-5-22(25)27/h6-13,16,23H,4-5,14-15H2,1-3H3,(H,24,26). The largest absolute Gasteiger partial charge is 0.497 e. The van der Waals surface area contributed by atoms with Crippen molar-refractivity contribution in [3.8, 4) is 5.75 Å². The van der Waals surface area contributed by atoms with Crippen molar-refractivity contribution in [3.63, 3.8) is 0 Å². The van der Waals surface area contributed by atoms with Crippen molar-refractivity contribution in [2.75, 3.05) is 18.6 Å². The summed E-state index contributed by atoms with van der Waals surface area (Å²) in [6, 6.07) is 15.5. The minimum atomic E-state index is -0.0556. The summed E-state index contributed by atoms with van der Waals surface area (Å²) >= 11 is 0. The maximum absolute atomic E-state index is 12.6. The van der Waals surface area contributed by atoms with Gasteiger partial charge in [-0.2, -0.15) is 0 Å². The van der Waals surface area contributed by atoms with Gasteiger partial charge in [0.15, 0.2) is 0 Å². The molecule has 28 heavy (non-hydrogen) atoms. The van der Waals surface area contributed by atoms with Crippen LogP contribution in [0.3, 0.4) is 0 Å². The van der Waals surface area contributed by atoms with Gasteiger partial charge in [-0.25, -0.2) is 0 Å². The first-order valence-electron chi connectivity index (χ1n) is 9.80. The molecular formula is C23H28N2O3. The lowest BCUT2D eigenvalue weighted by atomic mass is 9.95. The van der Waals surface area contributed by atoms with Crippen LogP contribution in [-0.4, -0.2) is 25.5 Å². The van der Waals surface area contributed by atoms with Crippen LogP contribution in [0.4, 0.5) is 5.69 Å². The minimum Gasteiger partial charge on any atom is -0.497 e. The fraction of sp³-hybridized carbons (Fsp3) is 0.391. The Labute approximate surface area is 166 Å². The van der Waals surface area contributed by atoms with Gasteiger partial charge in [0.05, 0.1) is 19.6 Å². The van der Waals surface area contributed by atoms with Crippen LogP contribution in [0.2, 0.25) is 0 Å². The van der Waals surface area contributed by atoms with E-state index in [1.807, 2.05) is 53.4 Å². The number of benzene rings is 2. The Balaban J connectivity index is 1.63. The third-order valence-corrected chi connectivity index (χ3v) is 5.14. The first-order valence-corrected chi connectivity index (χ1v) is 9.80. The van der Waals surface area contributed by atoms with Crippen molar-refractivity contribution in [2.24, 2.45) is 5.92 Å². The van der Waals surface area contributed by atoms with Crippen LogP contribution in [-0.2, 0) is 16.0 Å². The monoisotopic (exact) mass is 380 g/mol. The summed E-state index contributed by atoms with van der Waals surface area (Å²) in [5, 5.41) is 3.15. The van der Waals surface area contributed by atoms with Gasteiger partial charge in [0.25, 0.3) is 0 Å². The fourth-order valence-electron chi connectivity index (χ4n) is 3.57. The smallest absolute Gasteiger partial charge is 0.227 e. The lowest BCUT2D eigenvalue weighted by Gasteiger charge is -2.23. The average molecular weight is 380 g/mol. The van der Waals surface area contributed by atoms with Crippen molar-refractivity contribution in [1.29, 1.82) is 0 Å². The van der Waals surface area contributed by atoms with Crippen LogP contribution in [0, 0.1) is 5.92 Å². The zero-order valence-corrected chi connectivity index (χ0v) is 16.8. The number of amides is 2. The summed E-state index contributed by atoms with van der Waals surface area (Å²) in [5.41, 5.74) is 2.90. The molecule has 2 aromatic carbocycles. The Morgan fingerprint density at radius 3 is 2.32 bits per heavy atom. The second-order valence-electron chi connectivity index (χ2n) is 7.55. The fourth-order valence-corrected chi connectivity index (χ4v) is 3.57. The van der Waals surface area contributed by atoms with E-state index in [9.17, 15) is 9.59 Å². The molecule has 0 radical (unpaired) electrons. The zero-order valence-electron chi connectivity index (χ0n) is 16.8. The number of rotatable bonds is 7. The molecule has 0 spiro atoms. The van der Waals surface area contributed by atoms with Crippen LogP contribution in [0.1, 0.15) is 43.9 Å². The summed E-state index contributed by atoms with van der Waals surface area (Å²) in [7, 11) is 1.64. The molecule has 5 nitrogen and oxygen atoms in total. The summed E-state index contributed by atoms with van der Waals surface area (Å²) in [5.74, 6) is 1.22. The summed E-state index contributed by atoms with van der Waals surface area (Å²) in [4.78, 5) is 26.3. The third-order valence-electron chi connectivity index (χ3n) is 5.14. The molecule has 1 aliphatic rings. The lowest BCUT2D eigenvalue weighted by Crippen LogP contribution is -2.32. The predicted octanol–water partition coefficient (Wildman–Crippen LogP) is 3.88. The minimum absolute atomic E-state index is 0.0143. The van der Waals surface area contributed by atoms with E-state index in [2.05, 4.69) is 19.2 Å². The highest BCUT2D eigenvalue weighted by molar-refractivity contribution is 5.95. The number of anilines is 1. The maximum atomic E-state index is 12.6. The van der Waals surface area contributed by atoms with Gasteiger partial charge >= 0.3 is 0 Å². The van der Waals surface area contributed by atoms with Gasteiger partial charge in [-0.15, -0.1) is 0 Å². The van der Waals surface area contributed by atoms with Gasteiger partial charge in [0.1, 0.15) is 5.75 Å². The molecule has 2 aromatic rings. The molecule has 148 valence electrons. The molecule has 2 amide bonds. The number of carbonyl (C=O) groups excluding carboxylic acids is 2. The molecule has 1 atom stereocenters. The lowest BCUT2D eigenvalue weighted by molar-refractivity contribution is -0.121. The van der Waals surface area contributed by atoms with Crippen molar-refractivity contribution in [2.45, 2.75) is 39.2 Å². The normalized spacial score (nSPS) is 15.0. The van der Waals surface area contributed by atoms with Crippen LogP contribution in [0.25, 0.3) is 0 Å². The molecule has 1 heterocycles. The van der Waals surface area contributed by atoms with Gasteiger partial charge in [-0.05, 0) is 47.7 Å². The highest BCUT2D eigenvalue weighted by Crippen LogP contribution is 2.25. The molecule has 1 aliphatic heterocycles. The maximum Gasteiger partial charge on any atom is 0.227 e. The van der Waals surface area contributed by atoms with Crippen LogP contribution in [0.5, 0.6) is 5.75 Å². The molecule has 0 aromatic heterocycles. The number of nitrogens with one attached hydrogen (secondary N) is 1. The van der Waals surface area contributed by atoms with E-state index < -0.39 is 0 Å². The van der Waals surface area contributed by atoms with Gasteiger partial charge < -0.3 is 15.0 Å².